The van der Waals surface area contributed by atoms with Crippen molar-refractivity contribution in [3.63, 3.8) is 0 Å². The number of hydrogen-bond donors (Lipinski definition) is 1. The van der Waals surface area contributed by atoms with Crippen LogP contribution in [-0.2, 0) is 23.7 Å². The van der Waals surface area contributed by atoms with Crippen molar-refractivity contribution in [2.45, 2.75) is 63.7 Å². The molecule has 108 valence electrons. The van der Waals surface area contributed by atoms with Crippen molar-refractivity contribution in [3.05, 3.63) is 0 Å². The highest BCUT2D eigenvalue weighted by molar-refractivity contribution is 5.83. The quantitative estimate of drug-likeness (QED) is 0.563. The van der Waals surface area contributed by atoms with Crippen molar-refractivity contribution in [1.82, 2.24) is 0 Å². The summed E-state index contributed by atoms with van der Waals surface area (Å²) in [6, 6.07) is 0. The molecule has 3 fully saturated rings. The second kappa shape index (κ2) is 4.05. The van der Waals surface area contributed by atoms with Gasteiger partial charge in [-0.2, -0.15) is 0 Å². The maximum Gasteiger partial charge on any atom is 0.258 e. The molecular formula is C12H19NO6. The summed E-state index contributed by atoms with van der Waals surface area (Å²) in [5.74, 6) is -1.24. The molecule has 4 atom stereocenters. The first-order valence-electron chi connectivity index (χ1n) is 6.37. The van der Waals surface area contributed by atoms with Gasteiger partial charge in [0.25, 0.3) is 5.90 Å². The molecule has 0 saturated carbocycles. The molecule has 0 spiro atoms. The van der Waals surface area contributed by atoms with Gasteiger partial charge in [0.15, 0.2) is 23.8 Å². The zero-order valence-electron chi connectivity index (χ0n) is 11.5. The van der Waals surface area contributed by atoms with Gasteiger partial charge >= 0.3 is 0 Å². The molecule has 3 rings (SSSR count). The predicted molar refractivity (Wildman–Crippen MR) is 62.8 cm³/mol. The molecule has 0 radical (unpaired) electrons. The Bertz CT molecular complexity index is 407. The Balaban J connectivity index is 1.80. The Morgan fingerprint density at radius 1 is 1.05 bits per heavy atom. The van der Waals surface area contributed by atoms with Crippen LogP contribution in [-0.4, -0.2) is 53.7 Å². The lowest BCUT2D eigenvalue weighted by Crippen LogP contribution is -2.40. The van der Waals surface area contributed by atoms with E-state index in [1.807, 2.05) is 27.7 Å². The van der Waals surface area contributed by atoms with Gasteiger partial charge in [-0.1, -0.05) is 5.16 Å². The molecule has 3 aliphatic rings. The lowest BCUT2D eigenvalue weighted by atomic mass is 10.1. The Morgan fingerprint density at radius 2 is 1.79 bits per heavy atom. The van der Waals surface area contributed by atoms with Gasteiger partial charge in [0.05, 0.1) is 6.61 Å². The van der Waals surface area contributed by atoms with E-state index in [4.69, 9.17) is 28.9 Å². The fourth-order valence-corrected chi connectivity index (χ4v) is 2.74. The van der Waals surface area contributed by atoms with Crippen LogP contribution in [0.2, 0.25) is 0 Å². The first-order chi connectivity index (χ1) is 8.81. The first-order valence-corrected chi connectivity index (χ1v) is 6.37. The lowest BCUT2D eigenvalue weighted by molar-refractivity contribution is -0.179. The molecule has 3 saturated heterocycles. The van der Waals surface area contributed by atoms with Crippen LogP contribution in [0.5, 0.6) is 0 Å². The molecule has 0 aromatic heterocycles. The third-order valence-electron chi connectivity index (χ3n) is 3.45. The van der Waals surface area contributed by atoms with Crippen molar-refractivity contribution in [1.29, 1.82) is 0 Å². The van der Waals surface area contributed by atoms with Crippen LogP contribution in [0.15, 0.2) is 5.16 Å². The second-order valence-electron chi connectivity index (χ2n) is 5.91. The zero-order chi connectivity index (χ0) is 13.8. The molecule has 0 amide bonds. The summed E-state index contributed by atoms with van der Waals surface area (Å²) in [4.78, 5) is 0. The minimum absolute atomic E-state index is 0.133. The van der Waals surface area contributed by atoms with Crippen molar-refractivity contribution in [3.8, 4) is 0 Å². The molecule has 0 unspecified atom stereocenters. The van der Waals surface area contributed by atoms with Gasteiger partial charge in [0, 0.05) is 0 Å². The zero-order valence-corrected chi connectivity index (χ0v) is 11.5. The molecule has 0 aliphatic carbocycles. The van der Waals surface area contributed by atoms with Crippen molar-refractivity contribution >= 4 is 5.90 Å². The van der Waals surface area contributed by atoms with Crippen LogP contribution in [0.3, 0.4) is 0 Å². The maximum absolute atomic E-state index is 9.00. The van der Waals surface area contributed by atoms with E-state index in [0.29, 0.717) is 6.61 Å². The summed E-state index contributed by atoms with van der Waals surface area (Å²) in [6.07, 6.45) is -1.54. The second-order valence-corrected chi connectivity index (χ2v) is 5.91. The van der Waals surface area contributed by atoms with Crippen LogP contribution in [0.25, 0.3) is 0 Å². The highest BCUT2D eigenvalue weighted by atomic mass is 16.8. The topological polar surface area (TPSA) is 78.7 Å². The summed E-state index contributed by atoms with van der Waals surface area (Å²) >= 11 is 0. The number of rotatable bonds is 1. The largest absolute Gasteiger partial charge is 0.468 e. The standard InChI is InChI=1S/C12H19NO6/c1-11(2)15-5-6(17-11)7-8-9(10(13-14)16-7)19-12(3,4)18-8/h6-9,14H,5H2,1-4H3/b13-10-/t6-,7-,8+,9+/m1/s1. The van der Waals surface area contributed by atoms with Crippen LogP contribution in [0, 0.1) is 0 Å². The van der Waals surface area contributed by atoms with Crippen molar-refractivity contribution in [2.75, 3.05) is 6.61 Å². The van der Waals surface area contributed by atoms with Crippen molar-refractivity contribution < 1.29 is 28.9 Å². The van der Waals surface area contributed by atoms with E-state index < -0.39 is 23.8 Å². The van der Waals surface area contributed by atoms with Gasteiger partial charge in [-0.3, -0.25) is 0 Å². The van der Waals surface area contributed by atoms with Crippen molar-refractivity contribution in [2.24, 2.45) is 5.16 Å². The van der Waals surface area contributed by atoms with E-state index in [1.165, 1.54) is 0 Å². The SMILES string of the molecule is CC1(C)O[C@H]2[C@@H]([C@H]3COC(C)(C)O3)O/C(=N\O)[C@H]2O1. The lowest BCUT2D eigenvalue weighted by Gasteiger charge is -2.25. The Hall–Kier alpha value is -0.890. The number of hydrogen-bond acceptors (Lipinski definition) is 7. The monoisotopic (exact) mass is 273 g/mol. The molecule has 3 heterocycles. The molecule has 7 nitrogen and oxygen atoms in total. The van der Waals surface area contributed by atoms with Crippen LogP contribution in [0.4, 0.5) is 0 Å². The average molecular weight is 273 g/mol. The van der Waals surface area contributed by atoms with E-state index >= 15 is 0 Å². The third-order valence-corrected chi connectivity index (χ3v) is 3.45. The van der Waals surface area contributed by atoms with E-state index in [0.717, 1.165) is 0 Å². The third kappa shape index (κ3) is 2.20. The first kappa shape index (κ1) is 13.1. The van der Waals surface area contributed by atoms with Gasteiger partial charge < -0.3 is 28.9 Å². The molecule has 19 heavy (non-hydrogen) atoms. The number of fused-ring (bicyclic) bond motifs is 1. The Kier molecular flexibility index (Phi) is 2.79. The summed E-state index contributed by atoms with van der Waals surface area (Å²) in [5, 5.41) is 12.1. The molecule has 1 N–H and O–H groups in total. The van der Waals surface area contributed by atoms with Crippen LogP contribution < -0.4 is 0 Å². The van der Waals surface area contributed by atoms with Gasteiger partial charge in [0.2, 0.25) is 0 Å². The van der Waals surface area contributed by atoms with Crippen LogP contribution >= 0.6 is 0 Å². The summed E-state index contributed by atoms with van der Waals surface area (Å²) in [6.45, 7) is 7.72. The van der Waals surface area contributed by atoms with E-state index in [2.05, 4.69) is 5.16 Å². The molecule has 0 aromatic rings. The average Bonchev–Trinajstić information content (AvgIpc) is 2.89. The minimum Gasteiger partial charge on any atom is -0.468 e. The fraction of sp³-hybridized carbons (Fsp3) is 0.917. The highest BCUT2D eigenvalue weighted by Crippen LogP contribution is 2.40. The Labute approximate surface area is 111 Å². The summed E-state index contributed by atoms with van der Waals surface area (Å²) < 4.78 is 28.4. The van der Waals surface area contributed by atoms with Crippen LogP contribution in [0.1, 0.15) is 27.7 Å². The highest BCUT2D eigenvalue weighted by Gasteiger charge is 2.58. The fourth-order valence-electron chi connectivity index (χ4n) is 2.74. The van der Waals surface area contributed by atoms with Gasteiger partial charge in [-0.25, -0.2) is 0 Å². The normalized spacial score (nSPS) is 45.4. The van der Waals surface area contributed by atoms with E-state index in [1.54, 1.807) is 0 Å². The molecule has 3 aliphatic heterocycles. The van der Waals surface area contributed by atoms with E-state index in [9.17, 15) is 0 Å². The summed E-state index contributed by atoms with van der Waals surface area (Å²) in [7, 11) is 0. The van der Waals surface area contributed by atoms with Gasteiger partial charge in [-0.05, 0) is 27.7 Å². The number of oxime groups is 1. The molecular weight excluding hydrogens is 254 g/mol. The number of nitrogens with zero attached hydrogens (tertiary/aromatic N) is 1. The smallest absolute Gasteiger partial charge is 0.258 e. The van der Waals surface area contributed by atoms with Gasteiger partial charge in [-0.15, -0.1) is 0 Å². The molecule has 7 heteroatoms. The van der Waals surface area contributed by atoms with Gasteiger partial charge in [0.1, 0.15) is 12.2 Å². The predicted octanol–water partition coefficient (Wildman–Crippen LogP) is 0.844. The summed E-state index contributed by atoms with van der Waals surface area (Å²) in [5.41, 5.74) is 0. The number of ether oxygens (including phenoxy) is 5. The van der Waals surface area contributed by atoms with E-state index in [-0.39, 0.29) is 18.1 Å². The minimum atomic E-state index is -0.734. The molecule has 0 bridgehead atoms. The maximum atomic E-state index is 9.00. The Morgan fingerprint density at radius 3 is 2.37 bits per heavy atom. The molecule has 0 aromatic carbocycles.